The predicted octanol–water partition coefficient (Wildman–Crippen LogP) is 2.85. The van der Waals surface area contributed by atoms with E-state index in [-0.39, 0.29) is 17.2 Å². The summed E-state index contributed by atoms with van der Waals surface area (Å²) in [5.74, 6) is 1.78. The second-order valence-corrected chi connectivity index (χ2v) is 8.80. The molecule has 0 unspecified atom stereocenters. The first-order valence-corrected chi connectivity index (χ1v) is 10.2. The molecule has 1 aliphatic carbocycles. The van der Waals surface area contributed by atoms with E-state index in [4.69, 9.17) is 9.47 Å². The van der Waals surface area contributed by atoms with Gasteiger partial charge in [-0.2, -0.15) is 0 Å². The molecule has 3 fully saturated rings. The first-order chi connectivity index (χ1) is 13.4. The molecule has 1 atom stereocenters. The second kappa shape index (κ2) is 6.98. The highest BCUT2D eigenvalue weighted by Crippen LogP contribution is 2.49. The van der Waals surface area contributed by atoms with Crippen molar-refractivity contribution in [3.05, 3.63) is 23.8 Å². The molecular weight excluding hydrogens is 356 g/mol. The summed E-state index contributed by atoms with van der Waals surface area (Å²) in [6.45, 7) is 4.58. The number of carbonyl (C=O) groups excluding carboxylic acids is 2. The van der Waals surface area contributed by atoms with Gasteiger partial charge in [-0.3, -0.25) is 9.59 Å². The summed E-state index contributed by atoms with van der Waals surface area (Å²) in [4.78, 5) is 30.1. The first-order valence-electron chi connectivity index (χ1n) is 10.2. The minimum atomic E-state index is -0.411. The molecular formula is C22H30N2O4. The molecule has 2 aliphatic heterocycles. The summed E-state index contributed by atoms with van der Waals surface area (Å²) < 4.78 is 10.9. The van der Waals surface area contributed by atoms with Crippen molar-refractivity contribution in [1.29, 1.82) is 0 Å². The zero-order chi connectivity index (χ0) is 19.9. The molecule has 0 radical (unpaired) electrons. The van der Waals surface area contributed by atoms with E-state index in [9.17, 15) is 9.59 Å². The molecule has 2 amide bonds. The summed E-state index contributed by atoms with van der Waals surface area (Å²) in [6, 6.07) is 5.77. The largest absolute Gasteiger partial charge is 0.493 e. The molecule has 28 heavy (non-hydrogen) atoms. The maximum Gasteiger partial charge on any atom is 0.230 e. The lowest BCUT2D eigenvalue weighted by Crippen LogP contribution is -2.50. The van der Waals surface area contributed by atoms with Crippen molar-refractivity contribution < 1.29 is 19.1 Å². The van der Waals surface area contributed by atoms with Gasteiger partial charge >= 0.3 is 0 Å². The maximum absolute atomic E-state index is 13.5. The topological polar surface area (TPSA) is 59.1 Å². The Morgan fingerprint density at radius 3 is 2.57 bits per heavy atom. The van der Waals surface area contributed by atoms with Crippen molar-refractivity contribution >= 4 is 11.8 Å². The monoisotopic (exact) mass is 386 g/mol. The van der Waals surface area contributed by atoms with Crippen LogP contribution in [0.5, 0.6) is 11.5 Å². The van der Waals surface area contributed by atoms with E-state index in [1.54, 1.807) is 14.2 Å². The Labute approximate surface area is 166 Å². The number of carbonyl (C=O) groups is 2. The molecule has 0 bridgehead atoms. The number of piperidine rings is 1. The van der Waals surface area contributed by atoms with Gasteiger partial charge in [-0.15, -0.1) is 0 Å². The summed E-state index contributed by atoms with van der Waals surface area (Å²) in [5, 5.41) is 0. The van der Waals surface area contributed by atoms with Crippen LogP contribution in [0.3, 0.4) is 0 Å². The maximum atomic E-state index is 13.5. The third-order valence-corrected chi connectivity index (χ3v) is 6.83. The minimum absolute atomic E-state index is 0.170. The molecule has 1 spiro atoms. The number of amides is 2. The van der Waals surface area contributed by atoms with Crippen LogP contribution in [-0.4, -0.2) is 55.5 Å². The Bertz CT molecular complexity index is 789. The molecule has 152 valence electrons. The van der Waals surface area contributed by atoms with E-state index in [1.807, 2.05) is 34.9 Å². The molecule has 0 aromatic heterocycles. The Balaban J connectivity index is 1.51. The highest BCUT2D eigenvalue weighted by atomic mass is 16.5. The first kappa shape index (κ1) is 19.1. The van der Waals surface area contributed by atoms with E-state index >= 15 is 0 Å². The number of nitrogens with zero attached hydrogens (tertiary/aromatic N) is 2. The zero-order valence-corrected chi connectivity index (χ0v) is 17.1. The fourth-order valence-electron chi connectivity index (χ4n) is 4.79. The van der Waals surface area contributed by atoms with Crippen LogP contribution in [0.2, 0.25) is 0 Å². The second-order valence-electron chi connectivity index (χ2n) is 8.80. The minimum Gasteiger partial charge on any atom is -0.493 e. The summed E-state index contributed by atoms with van der Waals surface area (Å²) >= 11 is 0. The standard InChI is InChI=1S/C22H30N2O4/c1-21(9-10-21)19(25)24-13-11-22(15-24)8-5-12-23(20(22)26)14-16-6-4-7-17(27-2)18(16)28-3/h4,6-7H,5,8-15H2,1-3H3/t22-/m0/s1. The van der Waals surface area contributed by atoms with E-state index in [2.05, 4.69) is 0 Å². The fourth-order valence-corrected chi connectivity index (χ4v) is 4.79. The van der Waals surface area contributed by atoms with E-state index in [1.165, 1.54) is 0 Å². The number of likely N-dealkylation sites (tertiary alicyclic amines) is 2. The molecule has 6 nitrogen and oxygen atoms in total. The Morgan fingerprint density at radius 1 is 1.11 bits per heavy atom. The van der Waals surface area contributed by atoms with Gasteiger partial charge in [0.2, 0.25) is 11.8 Å². The van der Waals surface area contributed by atoms with Crippen LogP contribution in [0.4, 0.5) is 0 Å². The summed E-state index contributed by atoms with van der Waals surface area (Å²) in [7, 11) is 3.24. The quantitative estimate of drug-likeness (QED) is 0.781. The molecule has 2 saturated heterocycles. The molecule has 1 aromatic rings. The lowest BCUT2D eigenvalue weighted by molar-refractivity contribution is -0.147. The molecule has 0 N–H and O–H groups in total. The van der Waals surface area contributed by atoms with Gasteiger partial charge in [0.15, 0.2) is 11.5 Å². The van der Waals surface area contributed by atoms with Crippen LogP contribution in [0.15, 0.2) is 18.2 Å². The highest BCUT2D eigenvalue weighted by Gasteiger charge is 2.54. The molecule has 1 saturated carbocycles. The lowest BCUT2D eigenvalue weighted by Gasteiger charge is -2.39. The van der Waals surface area contributed by atoms with Crippen molar-refractivity contribution in [2.45, 2.75) is 45.6 Å². The third kappa shape index (κ3) is 3.12. The number of hydrogen-bond donors (Lipinski definition) is 0. The van der Waals surface area contributed by atoms with Crippen LogP contribution in [-0.2, 0) is 16.1 Å². The molecule has 6 heteroatoms. The summed E-state index contributed by atoms with van der Waals surface area (Å²) in [6.07, 6.45) is 4.57. The van der Waals surface area contributed by atoms with Crippen LogP contribution >= 0.6 is 0 Å². The lowest BCUT2D eigenvalue weighted by atomic mass is 9.78. The van der Waals surface area contributed by atoms with Gasteiger partial charge in [0, 0.05) is 37.2 Å². The fraction of sp³-hybridized carbons (Fsp3) is 0.636. The van der Waals surface area contributed by atoms with Gasteiger partial charge < -0.3 is 19.3 Å². The Morgan fingerprint density at radius 2 is 1.89 bits per heavy atom. The average Bonchev–Trinajstić information content (AvgIpc) is 3.32. The van der Waals surface area contributed by atoms with Gasteiger partial charge in [-0.25, -0.2) is 0 Å². The van der Waals surface area contributed by atoms with Gasteiger partial charge in [0.05, 0.1) is 19.6 Å². The van der Waals surface area contributed by atoms with Crippen LogP contribution in [0.1, 0.15) is 44.6 Å². The SMILES string of the molecule is COc1cccc(CN2CCC[C@@]3(CCN(C(=O)C4(C)CC4)C3)C2=O)c1OC. The van der Waals surface area contributed by atoms with Crippen molar-refractivity contribution in [2.75, 3.05) is 33.9 Å². The van der Waals surface area contributed by atoms with E-state index in [0.717, 1.165) is 44.2 Å². The number of hydrogen-bond acceptors (Lipinski definition) is 4. The average molecular weight is 386 g/mol. The van der Waals surface area contributed by atoms with Crippen LogP contribution < -0.4 is 9.47 Å². The Kier molecular flexibility index (Phi) is 4.76. The van der Waals surface area contributed by atoms with E-state index in [0.29, 0.717) is 31.1 Å². The molecule has 1 aromatic carbocycles. The van der Waals surface area contributed by atoms with Gasteiger partial charge in [0.25, 0.3) is 0 Å². The van der Waals surface area contributed by atoms with E-state index < -0.39 is 5.41 Å². The molecule has 4 rings (SSSR count). The predicted molar refractivity (Wildman–Crippen MR) is 105 cm³/mol. The number of rotatable bonds is 5. The zero-order valence-electron chi connectivity index (χ0n) is 17.1. The normalized spacial score (nSPS) is 25.9. The number of benzene rings is 1. The third-order valence-electron chi connectivity index (χ3n) is 6.83. The van der Waals surface area contributed by atoms with Crippen molar-refractivity contribution in [3.63, 3.8) is 0 Å². The number of ether oxygens (including phenoxy) is 2. The number of methoxy groups -OCH3 is 2. The van der Waals surface area contributed by atoms with Crippen molar-refractivity contribution in [3.8, 4) is 11.5 Å². The van der Waals surface area contributed by atoms with Gasteiger partial charge in [-0.05, 0) is 38.2 Å². The summed E-state index contributed by atoms with van der Waals surface area (Å²) in [5.41, 5.74) is 0.367. The molecule has 2 heterocycles. The van der Waals surface area contributed by atoms with Crippen LogP contribution in [0, 0.1) is 10.8 Å². The van der Waals surface area contributed by atoms with Crippen molar-refractivity contribution in [2.24, 2.45) is 10.8 Å². The van der Waals surface area contributed by atoms with Gasteiger partial charge in [-0.1, -0.05) is 19.1 Å². The van der Waals surface area contributed by atoms with Gasteiger partial charge in [0.1, 0.15) is 0 Å². The smallest absolute Gasteiger partial charge is 0.230 e. The Hall–Kier alpha value is -2.24. The molecule has 3 aliphatic rings. The number of para-hydroxylation sites is 1. The van der Waals surface area contributed by atoms with Crippen molar-refractivity contribution in [1.82, 2.24) is 9.80 Å². The highest BCUT2D eigenvalue weighted by molar-refractivity contribution is 5.88. The van der Waals surface area contributed by atoms with Crippen LogP contribution in [0.25, 0.3) is 0 Å².